The Morgan fingerprint density at radius 3 is 0.953 bits per heavy atom. The van der Waals surface area contributed by atoms with E-state index < -0.39 is 19.7 Å². The van der Waals surface area contributed by atoms with Crippen molar-refractivity contribution in [2.45, 2.75) is 237 Å². The lowest BCUT2D eigenvalue weighted by molar-refractivity contribution is -0.191. The summed E-state index contributed by atoms with van der Waals surface area (Å²) < 4.78 is 69.8. The van der Waals surface area contributed by atoms with Crippen molar-refractivity contribution in [2.24, 2.45) is 47.3 Å². The standard InChI is InChI=1S/C50H74N2O10S2/c53-47-41-23-25-43-46-44-26-24-42(45(41)46)48(54)51(47)31-3-1-5-35(27-31)61-33-11-19-39(20-12-33)63(57,58)37-15-7-29(8-16-37)30-9-17-38(18-10-30)64(59,60)40-21-13-34(14-22-40)62-36-6-2-4-32(28-36)52(49(43)55)50(44)56/h29-46H,1-28H2. The summed E-state index contributed by atoms with van der Waals surface area (Å²) >= 11 is 0. The molecule has 8 unspecified atom stereocenters. The zero-order valence-corrected chi connectivity index (χ0v) is 39.6. The first-order valence-corrected chi connectivity index (χ1v) is 29.6. The van der Waals surface area contributed by atoms with Gasteiger partial charge in [0.15, 0.2) is 19.7 Å². The first-order chi connectivity index (χ1) is 30.9. The predicted molar refractivity (Wildman–Crippen MR) is 239 cm³/mol. The van der Waals surface area contributed by atoms with Gasteiger partial charge in [-0.1, -0.05) is 0 Å². The summed E-state index contributed by atoms with van der Waals surface area (Å²) in [5.41, 5.74) is 0. The molecule has 8 atom stereocenters. The molecule has 0 N–H and O–H groups in total. The lowest BCUT2D eigenvalue weighted by Gasteiger charge is -2.59. The normalized spacial score (nSPS) is 48.2. The number of nitrogens with zero attached hydrogens (tertiary/aromatic N) is 2. The first-order valence-electron chi connectivity index (χ1n) is 26.4. The van der Waals surface area contributed by atoms with Crippen LogP contribution in [0.15, 0.2) is 0 Å². The number of rotatable bonds is 0. The molecule has 8 aliphatic carbocycles. The quantitative estimate of drug-likeness (QED) is 0.227. The summed E-state index contributed by atoms with van der Waals surface area (Å²) in [4.78, 5) is 61.6. The van der Waals surface area contributed by atoms with Crippen LogP contribution >= 0.6 is 0 Å². The number of piperidine rings is 2. The molecule has 12 nitrogen and oxygen atoms in total. The van der Waals surface area contributed by atoms with Crippen molar-refractivity contribution >= 4 is 43.3 Å². The van der Waals surface area contributed by atoms with E-state index in [0.29, 0.717) is 127 Å². The van der Waals surface area contributed by atoms with E-state index in [1.165, 1.54) is 0 Å². The SMILES string of the molecule is O=C1C2CCC3C(=O)N4C(=O)C5CCC(C(=O)N1C1CCCC(C1)OC1CCC(CC1)S(=O)(=O)C1CCC(CC1)C1CCC(CC1)S(=O)(=O)C1CCC(CC1)OC1CCCC4C1)C2C35. The average molecular weight is 927 g/mol. The van der Waals surface area contributed by atoms with Crippen molar-refractivity contribution in [1.29, 1.82) is 0 Å². The first kappa shape index (κ1) is 44.6. The average Bonchev–Trinajstić information content (AvgIpc) is 3.30. The van der Waals surface area contributed by atoms with E-state index in [4.69, 9.17) is 9.47 Å². The predicted octanol–water partition coefficient (Wildman–Crippen LogP) is 7.25. The number of hydrogen-bond donors (Lipinski definition) is 0. The van der Waals surface area contributed by atoms with Crippen molar-refractivity contribution in [2.75, 3.05) is 0 Å². The van der Waals surface area contributed by atoms with Gasteiger partial charge < -0.3 is 9.47 Å². The maximum atomic E-state index is 14.6. The number of amides is 4. The molecular weight excluding hydrogens is 853 g/mol. The van der Waals surface area contributed by atoms with E-state index in [-0.39, 0.29) is 117 Å². The third kappa shape index (κ3) is 7.80. The van der Waals surface area contributed by atoms with Gasteiger partial charge in [-0.05, 0) is 203 Å². The molecule has 17 heterocycles. The van der Waals surface area contributed by atoms with Gasteiger partial charge in [0.1, 0.15) is 0 Å². The van der Waals surface area contributed by atoms with Crippen molar-refractivity contribution in [3.8, 4) is 0 Å². The summed E-state index contributed by atoms with van der Waals surface area (Å²) in [6, 6.07) is -0.455. The topological polar surface area (TPSA) is 161 Å². The van der Waals surface area contributed by atoms with Gasteiger partial charge in [-0.2, -0.15) is 0 Å². The molecule has 64 heavy (non-hydrogen) atoms. The molecule has 25 rings (SSSR count). The number of ether oxygens (including phenoxy) is 2. The Bertz CT molecular complexity index is 1840. The molecule has 8 saturated carbocycles. The third-order valence-corrected chi connectivity index (χ3v) is 25.6. The highest BCUT2D eigenvalue weighted by Gasteiger charge is 2.64. The maximum absolute atomic E-state index is 14.6. The van der Waals surface area contributed by atoms with Crippen LogP contribution < -0.4 is 0 Å². The second-order valence-electron chi connectivity index (χ2n) is 23.0. The molecule has 14 heteroatoms. The highest BCUT2D eigenvalue weighted by Crippen LogP contribution is 2.58. The summed E-state index contributed by atoms with van der Waals surface area (Å²) in [6.45, 7) is 0. The van der Waals surface area contributed by atoms with Crippen LogP contribution in [-0.4, -0.2) is 108 Å². The summed E-state index contributed by atoms with van der Waals surface area (Å²) in [5, 5.41) is -1.25. The molecule has 20 bridgehead atoms. The van der Waals surface area contributed by atoms with Crippen LogP contribution in [0.3, 0.4) is 0 Å². The van der Waals surface area contributed by atoms with E-state index in [1.807, 2.05) is 0 Å². The van der Waals surface area contributed by atoms with Crippen molar-refractivity contribution in [3.05, 3.63) is 0 Å². The lowest BCUT2D eigenvalue weighted by Crippen LogP contribution is -2.68. The van der Waals surface area contributed by atoms with E-state index in [1.54, 1.807) is 9.80 Å². The molecule has 17 saturated heterocycles. The van der Waals surface area contributed by atoms with Crippen molar-refractivity contribution in [3.63, 3.8) is 0 Å². The highest BCUT2D eigenvalue weighted by atomic mass is 32.2. The van der Waals surface area contributed by atoms with E-state index in [2.05, 4.69) is 0 Å². The molecule has 25 fully saturated rings. The van der Waals surface area contributed by atoms with Gasteiger partial charge >= 0.3 is 0 Å². The Morgan fingerprint density at radius 1 is 0.344 bits per heavy atom. The molecule has 0 aromatic rings. The van der Waals surface area contributed by atoms with Gasteiger partial charge in [0.05, 0.1) is 45.4 Å². The Balaban J connectivity index is 0.820. The second kappa shape index (κ2) is 17.6. The van der Waals surface area contributed by atoms with Crippen molar-refractivity contribution in [1.82, 2.24) is 9.80 Å². The van der Waals surface area contributed by atoms with Crippen LogP contribution in [0.2, 0.25) is 0 Å². The lowest BCUT2D eigenvalue weighted by atomic mass is 9.50. The molecule has 0 spiro atoms. The number of carbonyl (C=O) groups is 4. The van der Waals surface area contributed by atoms with Crippen LogP contribution in [0.5, 0.6) is 0 Å². The van der Waals surface area contributed by atoms with E-state index in [9.17, 15) is 36.0 Å². The van der Waals surface area contributed by atoms with Crippen LogP contribution in [0.4, 0.5) is 0 Å². The molecule has 0 radical (unpaired) electrons. The molecule has 25 aliphatic rings. The fourth-order valence-electron chi connectivity index (χ4n) is 16.7. The van der Waals surface area contributed by atoms with E-state index in [0.717, 1.165) is 64.2 Å². The molecule has 4 amide bonds. The van der Waals surface area contributed by atoms with Crippen LogP contribution in [0.1, 0.15) is 180 Å². The highest BCUT2D eigenvalue weighted by molar-refractivity contribution is 7.92. The Labute approximate surface area is 381 Å². The number of carbonyl (C=O) groups excluding carboxylic acids is 4. The fourth-order valence-corrected chi connectivity index (χ4v) is 21.5. The Hall–Kier alpha value is -1.90. The molecule has 17 aliphatic heterocycles. The van der Waals surface area contributed by atoms with Gasteiger partial charge in [0, 0.05) is 35.8 Å². The second-order valence-corrected chi connectivity index (χ2v) is 28.1. The fraction of sp³-hybridized carbons (Fsp3) is 0.920. The molecule has 0 aromatic heterocycles. The van der Waals surface area contributed by atoms with E-state index >= 15 is 0 Å². The van der Waals surface area contributed by atoms with Crippen LogP contribution in [-0.2, 0) is 48.3 Å². The number of hydrogen-bond acceptors (Lipinski definition) is 10. The van der Waals surface area contributed by atoms with Gasteiger partial charge in [0.25, 0.3) is 0 Å². The number of imide groups is 2. The van der Waals surface area contributed by atoms with Gasteiger partial charge in [-0.3, -0.25) is 29.0 Å². The zero-order valence-electron chi connectivity index (χ0n) is 38.0. The van der Waals surface area contributed by atoms with Crippen LogP contribution in [0.25, 0.3) is 0 Å². The smallest absolute Gasteiger partial charge is 0.232 e. The largest absolute Gasteiger partial charge is 0.375 e. The Morgan fingerprint density at radius 2 is 0.641 bits per heavy atom. The number of sulfone groups is 2. The van der Waals surface area contributed by atoms with Gasteiger partial charge in [0.2, 0.25) is 23.6 Å². The molecule has 0 aromatic carbocycles. The minimum atomic E-state index is -3.28. The maximum Gasteiger partial charge on any atom is 0.232 e. The summed E-state index contributed by atoms with van der Waals surface area (Å²) in [6.07, 6.45) is 19.9. The summed E-state index contributed by atoms with van der Waals surface area (Å²) in [7, 11) is -6.55. The van der Waals surface area contributed by atoms with Gasteiger partial charge in [-0.15, -0.1) is 0 Å². The van der Waals surface area contributed by atoms with Gasteiger partial charge in [-0.25, -0.2) is 16.8 Å². The molecular formula is C50H74N2O10S2. The monoisotopic (exact) mass is 926 g/mol. The minimum absolute atomic E-state index is 0.0293. The van der Waals surface area contributed by atoms with Crippen molar-refractivity contribution < 1.29 is 45.5 Å². The summed E-state index contributed by atoms with van der Waals surface area (Å²) in [5.74, 6) is -1.48. The third-order valence-electron chi connectivity index (χ3n) is 20.0. The zero-order chi connectivity index (χ0) is 44.1. The molecule has 356 valence electrons. The minimum Gasteiger partial charge on any atom is -0.375 e. The Kier molecular flexibility index (Phi) is 12.2. The van der Waals surface area contributed by atoms with Crippen LogP contribution in [0, 0.1) is 47.3 Å².